The third-order valence-corrected chi connectivity index (χ3v) is 4.78. The van der Waals surface area contributed by atoms with E-state index < -0.39 is 0 Å². The molecular weight excluding hydrogens is 316 g/mol. The Morgan fingerprint density at radius 1 is 1.36 bits per heavy atom. The summed E-state index contributed by atoms with van der Waals surface area (Å²) in [6.07, 6.45) is 5.90. The molecule has 1 atom stereocenters. The van der Waals surface area contributed by atoms with E-state index in [1.54, 1.807) is 0 Å². The molecule has 25 heavy (non-hydrogen) atoms. The fraction of sp³-hybridized carbons (Fsp3) is 0.444. The van der Waals surface area contributed by atoms with E-state index in [9.17, 15) is 4.79 Å². The molecule has 1 fully saturated rings. The predicted octanol–water partition coefficient (Wildman–Crippen LogP) is 2.42. The van der Waals surface area contributed by atoms with Gasteiger partial charge in [-0.2, -0.15) is 5.10 Å². The highest BCUT2D eigenvalue weighted by Crippen LogP contribution is 2.26. The van der Waals surface area contributed by atoms with Crippen LogP contribution in [0.2, 0.25) is 0 Å². The molecule has 1 N–H and O–H groups in total. The minimum absolute atomic E-state index is 0.00266. The van der Waals surface area contributed by atoms with Gasteiger partial charge in [0.05, 0.1) is 0 Å². The fourth-order valence-corrected chi connectivity index (χ4v) is 3.54. The molecule has 3 aromatic heterocycles. The zero-order chi connectivity index (χ0) is 17.2. The number of aromatic nitrogens is 5. The van der Waals surface area contributed by atoms with Crippen LogP contribution in [0.5, 0.6) is 0 Å². The van der Waals surface area contributed by atoms with Crippen molar-refractivity contribution in [3.05, 3.63) is 47.7 Å². The normalized spacial score (nSPS) is 18.0. The number of likely N-dealkylation sites (tertiary alicyclic amines) is 1. The lowest BCUT2D eigenvalue weighted by atomic mass is 9.97. The van der Waals surface area contributed by atoms with E-state index in [4.69, 9.17) is 0 Å². The summed E-state index contributed by atoms with van der Waals surface area (Å²) in [6.45, 7) is 3.53. The van der Waals surface area contributed by atoms with Gasteiger partial charge in [0.2, 0.25) is 0 Å². The number of amides is 1. The number of H-pyrrole nitrogens is 1. The predicted molar refractivity (Wildman–Crippen MR) is 93.4 cm³/mol. The Morgan fingerprint density at radius 3 is 3.16 bits per heavy atom. The second kappa shape index (κ2) is 6.66. The number of rotatable bonds is 4. The molecule has 7 heteroatoms. The molecule has 0 radical (unpaired) electrons. The van der Waals surface area contributed by atoms with Crippen molar-refractivity contribution >= 4 is 11.6 Å². The Balaban J connectivity index is 1.53. The molecule has 0 saturated carbocycles. The number of aryl methyl sites for hydroxylation is 1. The van der Waals surface area contributed by atoms with E-state index in [0.29, 0.717) is 12.2 Å². The highest BCUT2D eigenvalue weighted by atomic mass is 16.2. The van der Waals surface area contributed by atoms with Crippen molar-refractivity contribution in [3.63, 3.8) is 0 Å². The number of carbonyl (C=O) groups excluding carboxylic acids is 1. The average molecular weight is 338 g/mol. The van der Waals surface area contributed by atoms with Crippen LogP contribution in [0.4, 0.5) is 0 Å². The van der Waals surface area contributed by atoms with Gasteiger partial charge in [-0.25, -0.2) is 0 Å². The van der Waals surface area contributed by atoms with Crippen LogP contribution in [0.1, 0.15) is 54.1 Å². The second-order valence-corrected chi connectivity index (χ2v) is 6.61. The first kappa shape index (κ1) is 15.8. The van der Waals surface area contributed by atoms with Crippen LogP contribution in [0, 0.1) is 0 Å². The van der Waals surface area contributed by atoms with Gasteiger partial charge in [-0.05, 0) is 37.5 Å². The SMILES string of the molecule is CCCc1cc(C(=O)N2CCC[C@@H](c3nnc4ccccn34)C2)n[nH]1. The van der Waals surface area contributed by atoms with Gasteiger partial charge in [0.15, 0.2) is 5.65 Å². The Kier molecular flexibility index (Phi) is 4.21. The molecule has 0 aromatic carbocycles. The molecule has 3 aromatic rings. The zero-order valence-electron chi connectivity index (χ0n) is 14.4. The summed E-state index contributed by atoms with van der Waals surface area (Å²) >= 11 is 0. The fourth-order valence-electron chi connectivity index (χ4n) is 3.54. The van der Waals surface area contributed by atoms with Crippen molar-refractivity contribution in [2.75, 3.05) is 13.1 Å². The Hall–Kier alpha value is -2.70. The molecular formula is C18H22N6O. The van der Waals surface area contributed by atoms with Crippen molar-refractivity contribution in [3.8, 4) is 0 Å². The third-order valence-electron chi connectivity index (χ3n) is 4.78. The lowest BCUT2D eigenvalue weighted by molar-refractivity contribution is 0.0698. The number of fused-ring (bicyclic) bond motifs is 1. The van der Waals surface area contributed by atoms with E-state index >= 15 is 0 Å². The lowest BCUT2D eigenvalue weighted by Gasteiger charge is -2.31. The molecule has 7 nitrogen and oxygen atoms in total. The largest absolute Gasteiger partial charge is 0.337 e. The summed E-state index contributed by atoms with van der Waals surface area (Å²) < 4.78 is 2.02. The van der Waals surface area contributed by atoms with E-state index in [1.807, 2.05) is 39.8 Å². The number of piperidine rings is 1. The highest BCUT2D eigenvalue weighted by molar-refractivity contribution is 5.92. The smallest absolute Gasteiger partial charge is 0.274 e. The van der Waals surface area contributed by atoms with Gasteiger partial charge in [0, 0.05) is 30.9 Å². The van der Waals surface area contributed by atoms with Crippen LogP contribution < -0.4 is 0 Å². The molecule has 1 aliphatic heterocycles. The number of hydrogen-bond donors (Lipinski definition) is 1. The van der Waals surface area contributed by atoms with Gasteiger partial charge in [0.25, 0.3) is 5.91 Å². The van der Waals surface area contributed by atoms with Crippen LogP contribution in [-0.2, 0) is 6.42 Å². The minimum Gasteiger partial charge on any atom is -0.337 e. The maximum absolute atomic E-state index is 12.8. The first-order valence-electron chi connectivity index (χ1n) is 8.89. The van der Waals surface area contributed by atoms with E-state index in [0.717, 1.165) is 49.4 Å². The van der Waals surface area contributed by atoms with Crippen LogP contribution in [0.3, 0.4) is 0 Å². The van der Waals surface area contributed by atoms with E-state index in [2.05, 4.69) is 27.3 Å². The van der Waals surface area contributed by atoms with Gasteiger partial charge in [-0.3, -0.25) is 14.3 Å². The minimum atomic E-state index is -0.00266. The number of carbonyl (C=O) groups is 1. The third kappa shape index (κ3) is 3.01. The maximum Gasteiger partial charge on any atom is 0.274 e. The van der Waals surface area contributed by atoms with Crippen molar-refractivity contribution in [2.45, 2.75) is 38.5 Å². The number of nitrogens with one attached hydrogen (secondary N) is 1. The summed E-state index contributed by atoms with van der Waals surface area (Å²) in [5.41, 5.74) is 2.37. The van der Waals surface area contributed by atoms with Crippen molar-refractivity contribution in [1.29, 1.82) is 0 Å². The Bertz CT molecular complexity index is 882. The number of hydrogen-bond acceptors (Lipinski definition) is 4. The standard InChI is InChI=1S/C18H22N6O/c1-2-6-14-11-15(20-19-14)18(25)23-9-5-7-13(12-23)17-22-21-16-8-3-4-10-24(16)17/h3-4,8,10-11,13H,2,5-7,9,12H2,1H3,(H,19,20)/t13-/m1/s1. The molecule has 0 unspecified atom stereocenters. The molecule has 0 spiro atoms. The monoisotopic (exact) mass is 338 g/mol. The molecule has 1 amide bonds. The molecule has 0 aliphatic carbocycles. The van der Waals surface area contributed by atoms with Gasteiger partial charge in [0.1, 0.15) is 11.5 Å². The molecule has 4 heterocycles. The van der Waals surface area contributed by atoms with Crippen molar-refractivity contribution < 1.29 is 4.79 Å². The highest BCUT2D eigenvalue weighted by Gasteiger charge is 2.29. The zero-order valence-corrected chi connectivity index (χ0v) is 14.4. The molecule has 1 saturated heterocycles. The maximum atomic E-state index is 12.8. The van der Waals surface area contributed by atoms with Crippen LogP contribution >= 0.6 is 0 Å². The van der Waals surface area contributed by atoms with E-state index in [1.165, 1.54) is 0 Å². The summed E-state index contributed by atoms with van der Waals surface area (Å²) in [5, 5.41) is 15.8. The number of nitrogens with zero attached hydrogens (tertiary/aromatic N) is 5. The summed E-state index contributed by atoms with van der Waals surface area (Å²) in [4.78, 5) is 14.7. The molecule has 130 valence electrons. The first-order valence-corrected chi connectivity index (χ1v) is 8.89. The topological polar surface area (TPSA) is 79.2 Å². The van der Waals surface area contributed by atoms with Crippen LogP contribution in [0.25, 0.3) is 5.65 Å². The van der Waals surface area contributed by atoms with Crippen LogP contribution in [0.15, 0.2) is 30.5 Å². The van der Waals surface area contributed by atoms with E-state index in [-0.39, 0.29) is 11.8 Å². The second-order valence-electron chi connectivity index (χ2n) is 6.61. The summed E-state index contributed by atoms with van der Waals surface area (Å²) in [7, 11) is 0. The van der Waals surface area contributed by atoms with Crippen LogP contribution in [-0.4, -0.2) is 48.7 Å². The summed E-state index contributed by atoms with van der Waals surface area (Å²) in [6, 6.07) is 7.75. The first-order chi connectivity index (χ1) is 12.3. The quantitative estimate of drug-likeness (QED) is 0.792. The van der Waals surface area contributed by atoms with Gasteiger partial charge in [-0.15, -0.1) is 10.2 Å². The van der Waals surface area contributed by atoms with Gasteiger partial charge >= 0.3 is 0 Å². The Labute approximate surface area is 146 Å². The molecule has 1 aliphatic rings. The van der Waals surface area contributed by atoms with Crippen molar-refractivity contribution in [1.82, 2.24) is 29.7 Å². The van der Waals surface area contributed by atoms with Gasteiger partial charge < -0.3 is 4.90 Å². The van der Waals surface area contributed by atoms with Crippen molar-refractivity contribution in [2.24, 2.45) is 0 Å². The Morgan fingerprint density at radius 2 is 2.28 bits per heavy atom. The summed E-state index contributed by atoms with van der Waals surface area (Å²) in [5.74, 6) is 1.13. The molecule has 0 bridgehead atoms. The lowest BCUT2D eigenvalue weighted by Crippen LogP contribution is -2.39. The average Bonchev–Trinajstić information content (AvgIpc) is 3.28. The molecule has 4 rings (SSSR count). The number of pyridine rings is 1. The van der Waals surface area contributed by atoms with Gasteiger partial charge in [-0.1, -0.05) is 19.4 Å². The number of aromatic amines is 1.